The van der Waals surface area contributed by atoms with Gasteiger partial charge in [-0.15, -0.1) is 0 Å². The van der Waals surface area contributed by atoms with Crippen LogP contribution in [0.4, 0.5) is 5.82 Å². The zero-order chi connectivity index (χ0) is 13.4. The molecule has 3 rings (SSSR count). The summed E-state index contributed by atoms with van der Waals surface area (Å²) in [5, 5.41) is 13.1. The Balaban J connectivity index is 2.13. The minimum atomic E-state index is -1.01. The molecule has 0 amide bonds. The second kappa shape index (κ2) is 4.53. The highest BCUT2D eigenvalue weighted by atomic mass is 16.4. The quantitative estimate of drug-likeness (QED) is 0.890. The molecule has 0 atom stereocenters. The number of aryl methyl sites for hydroxylation is 1. The van der Waals surface area contributed by atoms with E-state index < -0.39 is 5.97 Å². The van der Waals surface area contributed by atoms with E-state index in [4.69, 9.17) is 5.11 Å². The second-order valence-electron chi connectivity index (χ2n) is 4.92. The van der Waals surface area contributed by atoms with Crippen molar-refractivity contribution < 1.29 is 9.90 Å². The topological polar surface area (TPSA) is 70.7 Å². The van der Waals surface area contributed by atoms with Crippen LogP contribution in [0.5, 0.6) is 0 Å². The number of carbonyl (C=O) groups is 1. The van der Waals surface area contributed by atoms with Crippen LogP contribution in [-0.4, -0.2) is 38.8 Å². The average Bonchev–Trinajstić information content (AvgIpc) is 2.82. The molecule has 100 valence electrons. The maximum Gasteiger partial charge on any atom is 0.356 e. The van der Waals surface area contributed by atoms with Crippen molar-refractivity contribution in [3.63, 3.8) is 0 Å². The zero-order valence-corrected chi connectivity index (χ0v) is 10.8. The summed E-state index contributed by atoms with van der Waals surface area (Å²) >= 11 is 0. The van der Waals surface area contributed by atoms with E-state index in [0.29, 0.717) is 0 Å². The molecule has 1 aliphatic heterocycles. The van der Waals surface area contributed by atoms with Gasteiger partial charge in [0.25, 0.3) is 0 Å². The Kier molecular flexibility index (Phi) is 2.85. The van der Waals surface area contributed by atoms with Crippen LogP contribution in [0.25, 0.3) is 5.52 Å². The van der Waals surface area contributed by atoms with Gasteiger partial charge in [-0.2, -0.15) is 5.10 Å². The maximum absolute atomic E-state index is 11.0. The van der Waals surface area contributed by atoms with E-state index in [2.05, 4.69) is 15.0 Å². The highest BCUT2D eigenvalue weighted by molar-refractivity contribution is 5.88. The SMILES string of the molecule is Cc1cn2nc(C(=O)O)cc2c(N2CCCCC2)n1. The summed E-state index contributed by atoms with van der Waals surface area (Å²) in [4.78, 5) is 17.8. The number of aromatic nitrogens is 3. The van der Waals surface area contributed by atoms with Crippen LogP contribution in [0.1, 0.15) is 35.4 Å². The van der Waals surface area contributed by atoms with Gasteiger partial charge in [0.1, 0.15) is 5.52 Å². The molecule has 1 N–H and O–H groups in total. The number of nitrogens with zero attached hydrogens (tertiary/aromatic N) is 4. The monoisotopic (exact) mass is 260 g/mol. The van der Waals surface area contributed by atoms with Gasteiger partial charge in [-0.1, -0.05) is 0 Å². The summed E-state index contributed by atoms with van der Waals surface area (Å²) in [6.07, 6.45) is 5.32. The molecule has 0 aromatic carbocycles. The molecule has 2 aromatic heterocycles. The number of carboxylic acid groups (broad SMARTS) is 1. The van der Waals surface area contributed by atoms with Crippen LogP contribution in [0.15, 0.2) is 12.3 Å². The number of fused-ring (bicyclic) bond motifs is 1. The van der Waals surface area contributed by atoms with Crippen LogP contribution in [0.3, 0.4) is 0 Å². The third-order valence-electron chi connectivity index (χ3n) is 3.43. The van der Waals surface area contributed by atoms with Gasteiger partial charge in [0, 0.05) is 19.2 Å². The van der Waals surface area contributed by atoms with Crippen LogP contribution < -0.4 is 4.90 Å². The summed E-state index contributed by atoms with van der Waals surface area (Å²) in [5.74, 6) is -0.161. The molecule has 3 heterocycles. The van der Waals surface area contributed by atoms with E-state index in [1.165, 1.54) is 6.42 Å². The van der Waals surface area contributed by atoms with Crippen LogP contribution in [0, 0.1) is 6.92 Å². The first-order valence-corrected chi connectivity index (χ1v) is 6.50. The minimum Gasteiger partial charge on any atom is -0.476 e. The molecule has 0 spiro atoms. The lowest BCUT2D eigenvalue weighted by atomic mass is 10.1. The third kappa shape index (κ3) is 2.14. The smallest absolute Gasteiger partial charge is 0.356 e. The van der Waals surface area contributed by atoms with Gasteiger partial charge in [0.05, 0.1) is 11.9 Å². The van der Waals surface area contributed by atoms with E-state index in [0.717, 1.165) is 43.0 Å². The molecule has 1 fully saturated rings. The molecule has 1 aliphatic rings. The van der Waals surface area contributed by atoms with E-state index >= 15 is 0 Å². The van der Waals surface area contributed by atoms with Gasteiger partial charge >= 0.3 is 5.97 Å². The lowest BCUT2D eigenvalue weighted by Gasteiger charge is -2.28. The predicted octanol–water partition coefficient (Wildman–Crippen LogP) is 1.73. The number of anilines is 1. The maximum atomic E-state index is 11.0. The molecule has 0 bridgehead atoms. The molecular formula is C13H16N4O2. The first-order valence-electron chi connectivity index (χ1n) is 6.50. The van der Waals surface area contributed by atoms with Gasteiger partial charge in [0.2, 0.25) is 0 Å². The second-order valence-corrected chi connectivity index (χ2v) is 4.92. The number of piperidine rings is 1. The van der Waals surface area contributed by atoms with Crippen molar-refractivity contribution in [1.29, 1.82) is 0 Å². The number of aromatic carboxylic acids is 1. The van der Waals surface area contributed by atoms with Crippen molar-refractivity contribution in [3.05, 3.63) is 23.7 Å². The fraction of sp³-hybridized carbons (Fsp3) is 0.462. The Labute approximate surface area is 110 Å². The fourth-order valence-corrected chi connectivity index (χ4v) is 2.53. The van der Waals surface area contributed by atoms with Crippen molar-refractivity contribution in [1.82, 2.24) is 14.6 Å². The Morgan fingerprint density at radius 1 is 1.32 bits per heavy atom. The summed E-state index contributed by atoms with van der Waals surface area (Å²) < 4.78 is 1.62. The highest BCUT2D eigenvalue weighted by Crippen LogP contribution is 2.24. The largest absolute Gasteiger partial charge is 0.476 e. The number of rotatable bonds is 2. The first kappa shape index (κ1) is 12.0. The average molecular weight is 260 g/mol. The standard InChI is InChI=1S/C13H16N4O2/c1-9-8-17-11(7-10(15-17)13(18)19)12(14-9)16-5-3-2-4-6-16/h7-8H,2-6H2,1H3,(H,18,19). The molecule has 0 saturated carbocycles. The lowest BCUT2D eigenvalue weighted by Crippen LogP contribution is -2.30. The number of carboxylic acids is 1. The lowest BCUT2D eigenvalue weighted by molar-refractivity contribution is 0.0690. The molecule has 0 unspecified atom stereocenters. The van der Waals surface area contributed by atoms with E-state index in [9.17, 15) is 4.79 Å². The summed E-state index contributed by atoms with van der Waals surface area (Å²) in [5.41, 5.74) is 1.67. The predicted molar refractivity (Wildman–Crippen MR) is 70.7 cm³/mol. The van der Waals surface area contributed by atoms with Crippen molar-refractivity contribution in [3.8, 4) is 0 Å². The molecular weight excluding hydrogens is 244 g/mol. The molecule has 6 heteroatoms. The van der Waals surface area contributed by atoms with Gasteiger partial charge in [-0.25, -0.2) is 14.3 Å². The van der Waals surface area contributed by atoms with Crippen molar-refractivity contribution in [2.45, 2.75) is 26.2 Å². The van der Waals surface area contributed by atoms with Gasteiger partial charge in [0.15, 0.2) is 11.5 Å². The molecule has 19 heavy (non-hydrogen) atoms. The molecule has 0 radical (unpaired) electrons. The molecule has 0 aliphatic carbocycles. The van der Waals surface area contributed by atoms with E-state index in [1.807, 2.05) is 6.92 Å². The number of hydrogen-bond donors (Lipinski definition) is 1. The van der Waals surface area contributed by atoms with Crippen molar-refractivity contribution >= 4 is 17.3 Å². The van der Waals surface area contributed by atoms with Crippen LogP contribution in [0.2, 0.25) is 0 Å². The summed E-state index contributed by atoms with van der Waals surface area (Å²) in [7, 11) is 0. The van der Waals surface area contributed by atoms with Crippen LogP contribution >= 0.6 is 0 Å². The summed E-state index contributed by atoms with van der Waals surface area (Å²) in [6.45, 7) is 3.84. The molecule has 1 saturated heterocycles. The minimum absolute atomic E-state index is 0.0608. The Morgan fingerprint density at radius 2 is 2.05 bits per heavy atom. The normalized spacial score (nSPS) is 15.9. The van der Waals surface area contributed by atoms with E-state index in [-0.39, 0.29) is 5.69 Å². The highest BCUT2D eigenvalue weighted by Gasteiger charge is 2.19. The first-order chi connectivity index (χ1) is 9.15. The van der Waals surface area contributed by atoms with Crippen molar-refractivity contribution in [2.24, 2.45) is 0 Å². The molecule has 2 aromatic rings. The Morgan fingerprint density at radius 3 is 2.74 bits per heavy atom. The van der Waals surface area contributed by atoms with Crippen molar-refractivity contribution in [2.75, 3.05) is 18.0 Å². The molecule has 6 nitrogen and oxygen atoms in total. The number of hydrogen-bond acceptors (Lipinski definition) is 4. The van der Waals surface area contributed by atoms with Gasteiger partial charge in [-0.3, -0.25) is 0 Å². The van der Waals surface area contributed by atoms with Gasteiger partial charge < -0.3 is 10.0 Å². The third-order valence-corrected chi connectivity index (χ3v) is 3.43. The van der Waals surface area contributed by atoms with Gasteiger partial charge in [-0.05, 0) is 26.2 Å². The Hall–Kier alpha value is -2.11. The fourth-order valence-electron chi connectivity index (χ4n) is 2.53. The van der Waals surface area contributed by atoms with E-state index in [1.54, 1.807) is 16.8 Å². The zero-order valence-electron chi connectivity index (χ0n) is 10.8. The van der Waals surface area contributed by atoms with Crippen LogP contribution in [-0.2, 0) is 0 Å². The Bertz CT molecular complexity index is 629. The summed E-state index contributed by atoms with van der Waals surface area (Å²) in [6, 6.07) is 1.60.